The van der Waals surface area contributed by atoms with Crippen LogP contribution >= 0.6 is 0 Å². The summed E-state index contributed by atoms with van der Waals surface area (Å²) in [6.07, 6.45) is 11.3. The van der Waals surface area contributed by atoms with Crippen LogP contribution < -0.4 is 5.32 Å². The Morgan fingerprint density at radius 2 is 1.71 bits per heavy atom. The van der Waals surface area contributed by atoms with Gasteiger partial charge in [-0.3, -0.25) is 4.98 Å². The van der Waals surface area contributed by atoms with Gasteiger partial charge in [-0.2, -0.15) is 0 Å². The van der Waals surface area contributed by atoms with Gasteiger partial charge < -0.3 is 10.3 Å². The number of aromatic nitrogens is 4. The zero-order chi connectivity index (χ0) is 18.8. The van der Waals surface area contributed by atoms with Crippen molar-refractivity contribution >= 4 is 45.5 Å². The van der Waals surface area contributed by atoms with Crippen molar-refractivity contribution < 1.29 is 0 Å². The molecule has 0 unspecified atom stereocenters. The molecule has 5 aromatic rings. The molecule has 0 amide bonds. The molecule has 2 aromatic carbocycles. The minimum Gasteiger partial charge on any atom is -0.361 e. The molecular formula is C23H17N5. The maximum absolute atomic E-state index is 4.47. The maximum atomic E-state index is 4.47. The summed E-state index contributed by atoms with van der Waals surface area (Å²) < 4.78 is 0. The minimum absolute atomic E-state index is 0.791. The van der Waals surface area contributed by atoms with E-state index < -0.39 is 0 Å². The molecule has 0 saturated carbocycles. The summed E-state index contributed by atoms with van der Waals surface area (Å²) in [5.41, 5.74) is 5.20. The summed E-state index contributed by atoms with van der Waals surface area (Å²) in [5, 5.41) is 5.57. The minimum atomic E-state index is 0.791. The van der Waals surface area contributed by atoms with Gasteiger partial charge in [0.2, 0.25) is 0 Å². The first-order valence-corrected chi connectivity index (χ1v) is 9.02. The smallest absolute Gasteiger partial charge is 0.141 e. The molecule has 3 heterocycles. The van der Waals surface area contributed by atoms with Crippen LogP contribution in [0.25, 0.3) is 34.0 Å². The number of pyridine rings is 1. The third-order valence-corrected chi connectivity index (χ3v) is 4.65. The molecular weight excluding hydrogens is 346 g/mol. The third kappa shape index (κ3) is 3.21. The van der Waals surface area contributed by atoms with Crippen molar-refractivity contribution in [3.63, 3.8) is 0 Å². The van der Waals surface area contributed by atoms with Crippen molar-refractivity contribution in [2.45, 2.75) is 0 Å². The van der Waals surface area contributed by atoms with Crippen molar-refractivity contribution in [2.24, 2.45) is 0 Å². The number of aromatic amines is 1. The highest BCUT2D eigenvalue weighted by Gasteiger charge is 2.06. The van der Waals surface area contributed by atoms with E-state index in [1.54, 1.807) is 18.7 Å². The number of hydrogen-bond donors (Lipinski definition) is 2. The fraction of sp³-hybridized carbons (Fsp3) is 0. The molecule has 0 aliphatic carbocycles. The first kappa shape index (κ1) is 16.2. The van der Waals surface area contributed by atoms with E-state index in [1.165, 1.54) is 0 Å². The molecule has 0 saturated heterocycles. The third-order valence-electron chi connectivity index (χ3n) is 4.65. The molecule has 0 atom stereocenters. The number of fused-ring (bicyclic) bond motifs is 2. The zero-order valence-corrected chi connectivity index (χ0v) is 15.0. The Balaban J connectivity index is 1.50. The van der Waals surface area contributed by atoms with Crippen LogP contribution in [0.1, 0.15) is 11.1 Å². The van der Waals surface area contributed by atoms with Crippen LogP contribution in [0.2, 0.25) is 0 Å². The van der Waals surface area contributed by atoms with Gasteiger partial charge in [0, 0.05) is 40.6 Å². The SMILES string of the molecule is C(=C\c1ccc2ncnc(Nc3ccc4[nH]ccc4c3)c2c1)/c1ccncc1. The molecule has 2 N–H and O–H groups in total. The second kappa shape index (κ2) is 6.96. The number of H-pyrrole nitrogens is 1. The highest BCUT2D eigenvalue weighted by atomic mass is 15.0. The Morgan fingerprint density at radius 1 is 0.821 bits per heavy atom. The predicted molar refractivity (Wildman–Crippen MR) is 114 cm³/mol. The van der Waals surface area contributed by atoms with E-state index in [2.05, 4.69) is 67.7 Å². The van der Waals surface area contributed by atoms with Gasteiger partial charge in [0.05, 0.1) is 5.52 Å². The molecule has 3 aromatic heterocycles. The lowest BCUT2D eigenvalue weighted by Crippen LogP contribution is -1.96. The Labute approximate surface area is 161 Å². The second-order valence-electron chi connectivity index (χ2n) is 6.52. The first-order chi connectivity index (χ1) is 13.8. The molecule has 5 nitrogen and oxygen atoms in total. The fourth-order valence-electron chi connectivity index (χ4n) is 3.21. The fourth-order valence-corrected chi connectivity index (χ4v) is 3.21. The number of rotatable bonds is 4. The van der Waals surface area contributed by atoms with Crippen molar-refractivity contribution in [3.8, 4) is 0 Å². The first-order valence-electron chi connectivity index (χ1n) is 9.02. The zero-order valence-electron chi connectivity index (χ0n) is 15.0. The number of anilines is 2. The van der Waals surface area contributed by atoms with E-state index >= 15 is 0 Å². The summed E-state index contributed by atoms with van der Waals surface area (Å²) in [6.45, 7) is 0. The van der Waals surface area contributed by atoms with Gasteiger partial charge in [-0.05, 0) is 59.7 Å². The summed E-state index contributed by atoms with van der Waals surface area (Å²) in [6, 6.07) is 18.4. The molecule has 0 radical (unpaired) electrons. The second-order valence-corrected chi connectivity index (χ2v) is 6.52. The van der Waals surface area contributed by atoms with Crippen molar-refractivity contribution in [3.05, 3.63) is 90.6 Å². The maximum Gasteiger partial charge on any atom is 0.141 e. The van der Waals surface area contributed by atoms with Crippen LogP contribution in [0.3, 0.4) is 0 Å². The molecule has 0 fully saturated rings. The van der Waals surface area contributed by atoms with E-state index in [4.69, 9.17) is 0 Å². The highest BCUT2D eigenvalue weighted by Crippen LogP contribution is 2.26. The van der Waals surface area contributed by atoms with Gasteiger partial charge in [-0.25, -0.2) is 9.97 Å². The van der Waals surface area contributed by atoms with Crippen LogP contribution in [0.15, 0.2) is 79.5 Å². The normalized spacial score (nSPS) is 11.4. The van der Waals surface area contributed by atoms with Gasteiger partial charge in [-0.15, -0.1) is 0 Å². The molecule has 0 aliphatic rings. The van der Waals surface area contributed by atoms with Crippen LogP contribution in [0, 0.1) is 0 Å². The number of nitrogens with one attached hydrogen (secondary N) is 2. The Hall–Kier alpha value is -3.99. The van der Waals surface area contributed by atoms with Crippen molar-refractivity contribution in [2.75, 3.05) is 5.32 Å². The molecule has 5 heteroatoms. The van der Waals surface area contributed by atoms with Crippen LogP contribution in [0.4, 0.5) is 11.5 Å². The van der Waals surface area contributed by atoms with E-state index in [1.807, 2.05) is 30.5 Å². The Morgan fingerprint density at radius 3 is 2.64 bits per heavy atom. The van der Waals surface area contributed by atoms with Crippen LogP contribution in [-0.2, 0) is 0 Å². The molecule has 0 spiro atoms. The van der Waals surface area contributed by atoms with Gasteiger partial charge in [0.25, 0.3) is 0 Å². The molecule has 5 rings (SSSR count). The average molecular weight is 363 g/mol. The number of benzene rings is 2. The summed E-state index contributed by atoms with van der Waals surface area (Å²) in [5.74, 6) is 0.791. The van der Waals surface area contributed by atoms with Crippen LogP contribution in [0.5, 0.6) is 0 Å². The lowest BCUT2D eigenvalue weighted by molar-refractivity contribution is 1.22. The molecule has 28 heavy (non-hydrogen) atoms. The summed E-state index contributed by atoms with van der Waals surface area (Å²) >= 11 is 0. The van der Waals surface area contributed by atoms with Gasteiger partial charge in [0.15, 0.2) is 0 Å². The molecule has 134 valence electrons. The van der Waals surface area contributed by atoms with Gasteiger partial charge >= 0.3 is 0 Å². The lowest BCUT2D eigenvalue weighted by atomic mass is 10.1. The molecule has 0 aliphatic heterocycles. The van der Waals surface area contributed by atoms with E-state index in [-0.39, 0.29) is 0 Å². The van der Waals surface area contributed by atoms with Crippen LogP contribution in [-0.4, -0.2) is 19.9 Å². The van der Waals surface area contributed by atoms with Gasteiger partial charge in [0.1, 0.15) is 12.1 Å². The lowest BCUT2D eigenvalue weighted by Gasteiger charge is -2.09. The molecule has 0 bridgehead atoms. The predicted octanol–water partition coefficient (Wildman–Crippen LogP) is 5.42. The summed E-state index contributed by atoms with van der Waals surface area (Å²) in [7, 11) is 0. The quantitative estimate of drug-likeness (QED) is 0.447. The standard InChI is InChI=1S/C23H17N5/c1(16-7-10-24-11-8-16)2-17-3-5-22-20(13-17)23(27-15-26-22)28-19-4-6-21-18(14-19)9-12-25-21/h1-15,25H,(H,26,27,28)/b2-1+. The summed E-state index contributed by atoms with van der Waals surface area (Å²) in [4.78, 5) is 16.1. The number of nitrogens with zero attached hydrogens (tertiary/aromatic N) is 3. The van der Waals surface area contributed by atoms with Crippen molar-refractivity contribution in [1.29, 1.82) is 0 Å². The van der Waals surface area contributed by atoms with Crippen molar-refractivity contribution in [1.82, 2.24) is 19.9 Å². The Kier molecular flexibility index (Phi) is 4.03. The van der Waals surface area contributed by atoms with E-state index in [0.717, 1.165) is 44.4 Å². The highest BCUT2D eigenvalue weighted by molar-refractivity contribution is 5.93. The Bertz CT molecular complexity index is 1290. The topological polar surface area (TPSA) is 66.5 Å². The average Bonchev–Trinajstić information content (AvgIpc) is 3.21. The van der Waals surface area contributed by atoms with E-state index in [9.17, 15) is 0 Å². The van der Waals surface area contributed by atoms with Gasteiger partial charge in [-0.1, -0.05) is 18.2 Å². The number of hydrogen-bond acceptors (Lipinski definition) is 4. The van der Waals surface area contributed by atoms with E-state index in [0.29, 0.717) is 0 Å². The largest absolute Gasteiger partial charge is 0.361 e. The monoisotopic (exact) mass is 363 g/mol.